The fourth-order valence-electron chi connectivity index (χ4n) is 4.22. The Kier molecular flexibility index (Phi) is 3.61. The number of rotatable bonds is 5. The Balaban J connectivity index is 1.51. The van der Waals surface area contributed by atoms with Gasteiger partial charge in [0.15, 0.2) is 0 Å². The van der Waals surface area contributed by atoms with Gasteiger partial charge < -0.3 is 5.32 Å². The van der Waals surface area contributed by atoms with Gasteiger partial charge in [-0.1, -0.05) is 13.3 Å². The van der Waals surface area contributed by atoms with Gasteiger partial charge in [-0.2, -0.15) is 0 Å². The van der Waals surface area contributed by atoms with Crippen molar-refractivity contribution in [2.24, 2.45) is 17.8 Å². The third-order valence-corrected chi connectivity index (χ3v) is 5.20. The maximum absolute atomic E-state index is 12.1. The standard InChI is InChI=1S/C15H24N2O2/c1-2-5-17-14(18)8-13(15(17)19)16-9-12-7-10-3-4-11(12)6-10/h10-13,16H,2-9H2,1H3. The number of amides is 2. The Morgan fingerprint density at radius 2 is 2.11 bits per heavy atom. The lowest BCUT2D eigenvalue weighted by Gasteiger charge is -2.23. The summed E-state index contributed by atoms with van der Waals surface area (Å²) in [6.07, 6.45) is 6.70. The number of carbonyl (C=O) groups is 2. The molecule has 2 bridgehead atoms. The Hall–Kier alpha value is -0.900. The van der Waals surface area contributed by atoms with Gasteiger partial charge in [0, 0.05) is 6.54 Å². The normalized spacial score (nSPS) is 37.6. The quantitative estimate of drug-likeness (QED) is 0.766. The van der Waals surface area contributed by atoms with Crippen LogP contribution in [0.15, 0.2) is 0 Å². The van der Waals surface area contributed by atoms with Crippen LogP contribution < -0.4 is 5.32 Å². The molecule has 3 rings (SSSR count). The monoisotopic (exact) mass is 264 g/mol. The number of nitrogens with zero attached hydrogens (tertiary/aromatic N) is 1. The van der Waals surface area contributed by atoms with Crippen LogP contribution in [0.1, 0.15) is 45.4 Å². The summed E-state index contributed by atoms with van der Waals surface area (Å²) in [5, 5.41) is 3.36. The Morgan fingerprint density at radius 1 is 1.26 bits per heavy atom. The molecule has 19 heavy (non-hydrogen) atoms. The van der Waals surface area contributed by atoms with Crippen LogP contribution in [0.4, 0.5) is 0 Å². The van der Waals surface area contributed by atoms with E-state index >= 15 is 0 Å². The number of imide groups is 1. The summed E-state index contributed by atoms with van der Waals surface area (Å²) in [5.41, 5.74) is 0. The Bertz CT molecular complexity index is 382. The van der Waals surface area contributed by atoms with Gasteiger partial charge in [0.25, 0.3) is 0 Å². The Morgan fingerprint density at radius 3 is 2.74 bits per heavy atom. The van der Waals surface area contributed by atoms with Gasteiger partial charge in [0.1, 0.15) is 0 Å². The van der Waals surface area contributed by atoms with E-state index in [0.29, 0.717) is 13.0 Å². The van der Waals surface area contributed by atoms with Gasteiger partial charge in [-0.3, -0.25) is 14.5 Å². The number of carbonyl (C=O) groups excluding carboxylic acids is 2. The van der Waals surface area contributed by atoms with E-state index in [1.807, 2.05) is 6.92 Å². The molecule has 4 heteroatoms. The van der Waals surface area contributed by atoms with Crippen molar-refractivity contribution in [2.45, 2.75) is 51.5 Å². The molecule has 3 aliphatic rings. The predicted molar refractivity (Wildman–Crippen MR) is 72.4 cm³/mol. The van der Waals surface area contributed by atoms with Gasteiger partial charge in [-0.25, -0.2) is 0 Å². The SMILES string of the molecule is CCCN1C(=O)CC(NCC2CC3CCC2C3)C1=O. The van der Waals surface area contributed by atoms with E-state index in [0.717, 1.165) is 30.7 Å². The summed E-state index contributed by atoms with van der Waals surface area (Å²) in [6.45, 7) is 3.49. The zero-order chi connectivity index (χ0) is 13.4. The summed E-state index contributed by atoms with van der Waals surface area (Å²) in [7, 11) is 0. The summed E-state index contributed by atoms with van der Waals surface area (Å²) >= 11 is 0. The van der Waals surface area contributed by atoms with Crippen LogP contribution in [-0.2, 0) is 9.59 Å². The van der Waals surface area contributed by atoms with Crippen LogP contribution in [0.5, 0.6) is 0 Å². The Labute approximate surface area is 114 Å². The van der Waals surface area contributed by atoms with E-state index in [9.17, 15) is 9.59 Å². The zero-order valence-electron chi connectivity index (χ0n) is 11.7. The van der Waals surface area contributed by atoms with Crippen LogP contribution in [0.25, 0.3) is 0 Å². The largest absolute Gasteiger partial charge is 0.305 e. The van der Waals surface area contributed by atoms with Crippen molar-refractivity contribution in [1.82, 2.24) is 10.2 Å². The lowest BCUT2D eigenvalue weighted by Crippen LogP contribution is -2.41. The van der Waals surface area contributed by atoms with Crippen LogP contribution in [-0.4, -0.2) is 35.8 Å². The molecule has 4 atom stereocenters. The molecule has 106 valence electrons. The van der Waals surface area contributed by atoms with Crippen LogP contribution >= 0.6 is 0 Å². The second-order valence-corrected chi connectivity index (χ2v) is 6.48. The molecule has 2 amide bonds. The highest BCUT2D eigenvalue weighted by Gasteiger charge is 2.41. The number of fused-ring (bicyclic) bond motifs is 2. The van der Waals surface area contributed by atoms with E-state index in [1.54, 1.807) is 0 Å². The van der Waals surface area contributed by atoms with E-state index in [-0.39, 0.29) is 17.9 Å². The smallest absolute Gasteiger partial charge is 0.246 e. The lowest BCUT2D eigenvalue weighted by atomic mass is 9.88. The van der Waals surface area contributed by atoms with E-state index in [1.165, 1.54) is 30.6 Å². The molecule has 4 unspecified atom stereocenters. The van der Waals surface area contributed by atoms with Gasteiger partial charge in [-0.05, 0) is 50.0 Å². The molecule has 3 fully saturated rings. The van der Waals surface area contributed by atoms with E-state index < -0.39 is 0 Å². The van der Waals surface area contributed by atoms with Crippen molar-refractivity contribution in [3.8, 4) is 0 Å². The van der Waals surface area contributed by atoms with E-state index in [4.69, 9.17) is 0 Å². The molecule has 0 aromatic heterocycles. The van der Waals surface area contributed by atoms with Crippen molar-refractivity contribution in [3.63, 3.8) is 0 Å². The highest BCUT2D eigenvalue weighted by molar-refractivity contribution is 6.05. The molecular formula is C15H24N2O2. The first kappa shape index (κ1) is 13.1. The molecule has 1 N–H and O–H groups in total. The minimum absolute atomic E-state index is 0.00251. The van der Waals surface area contributed by atoms with Gasteiger partial charge in [0.2, 0.25) is 11.8 Å². The maximum Gasteiger partial charge on any atom is 0.246 e. The first-order chi connectivity index (χ1) is 9.19. The van der Waals surface area contributed by atoms with Gasteiger partial charge >= 0.3 is 0 Å². The molecule has 1 saturated heterocycles. The molecule has 2 saturated carbocycles. The van der Waals surface area contributed by atoms with Crippen molar-refractivity contribution < 1.29 is 9.59 Å². The predicted octanol–water partition coefficient (Wildman–Crippen LogP) is 1.55. The number of likely N-dealkylation sites (tertiary alicyclic amines) is 1. The highest BCUT2D eigenvalue weighted by Crippen LogP contribution is 2.48. The van der Waals surface area contributed by atoms with Gasteiger partial charge in [0.05, 0.1) is 12.5 Å². The summed E-state index contributed by atoms with van der Waals surface area (Å²) in [5.74, 6) is 2.54. The average Bonchev–Trinajstić information content (AvgIpc) is 3.07. The molecule has 2 aliphatic carbocycles. The van der Waals surface area contributed by atoms with Crippen molar-refractivity contribution in [3.05, 3.63) is 0 Å². The molecule has 1 heterocycles. The second kappa shape index (κ2) is 5.23. The molecular weight excluding hydrogens is 240 g/mol. The first-order valence-corrected chi connectivity index (χ1v) is 7.76. The zero-order valence-corrected chi connectivity index (χ0v) is 11.7. The third kappa shape index (κ3) is 2.42. The first-order valence-electron chi connectivity index (χ1n) is 7.76. The molecule has 0 aromatic rings. The summed E-state index contributed by atoms with van der Waals surface area (Å²) in [6, 6.07) is -0.252. The van der Waals surface area contributed by atoms with Crippen LogP contribution in [0, 0.1) is 17.8 Å². The molecule has 4 nitrogen and oxygen atoms in total. The summed E-state index contributed by atoms with van der Waals surface area (Å²) in [4.78, 5) is 25.3. The highest BCUT2D eigenvalue weighted by atomic mass is 16.2. The van der Waals surface area contributed by atoms with Crippen molar-refractivity contribution >= 4 is 11.8 Å². The molecule has 1 aliphatic heterocycles. The number of nitrogens with one attached hydrogen (secondary N) is 1. The molecule has 0 spiro atoms. The topological polar surface area (TPSA) is 49.4 Å². The third-order valence-electron chi connectivity index (χ3n) is 5.20. The number of hydrogen-bond acceptors (Lipinski definition) is 3. The lowest BCUT2D eigenvalue weighted by molar-refractivity contribution is -0.138. The minimum Gasteiger partial charge on any atom is -0.305 e. The molecule has 0 aromatic carbocycles. The van der Waals surface area contributed by atoms with Gasteiger partial charge in [-0.15, -0.1) is 0 Å². The average molecular weight is 264 g/mol. The minimum atomic E-state index is -0.252. The second-order valence-electron chi connectivity index (χ2n) is 6.48. The number of hydrogen-bond donors (Lipinski definition) is 1. The fourth-order valence-corrected chi connectivity index (χ4v) is 4.22. The van der Waals surface area contributed by atoms with Crippen LogP contribution in [0.2, 0.25) is 0 Å². The maximum atomic E-state index is 12.1. The van der Waals surface area contributed by atoms with E-state index in [2.05, 4.69) is 5.32 Å². The summed E-state index contributed by atoms with van der Waals surface area (Å²) < 4.78 is 0. The van der Waals surface area contributed by atoms with Crippen molar-refractivity contribution in [2.75, 3.05) is 13.1 Å². The van der Waals surface area contributed by atoms with Crippen molar-refractivity contribution in [1.29, 1.82) is 0 Å². The van der Waals surface area contributed by atoms with Crippen LogP contribution in [0.3, 0.4) is 0 Å². The fraction of sp³-hybridized carbons (Fsp3) is 0.867. The molecule has 0 radical (unpaired) electrons.